The molecule has 0 aromatic carbocycles. The molecule has 15 heavy (non-hydrogen) atoms. The van der Waals surface area contributed by atoms with E-state index in [4.69, 9.17) is 5.73 Å². The number of methoxy groups -OCH3 is 1. The number of fused-ring (bicyclic) bond motifs is 1. The predicted octanol–water partition coefficient (Wildman–Crippen LogP) is 1.47. The van der Waals surface area contributed by atoms with E-state index >= 15 is 0 Å². The predicted molar refractivity (Wildman–Crippen MR) is 58.6 cm³/mol. The summed E-state index contributed by atoms with van der Waals surface area (Å²) in [5, 5.41) is 4.00. The van der Waals surface area contributed by atoms with Crippen LogP contribution in [0.5, 0.6) is 0 Å². The molecule has 0 aliphatic heterocycles. The molecule has 2 aromatic heterocycles. The summed E-state index contributed by atoms with van der Waals surface area (Å²) in [6.07, 6.45) is 1.71. The van der Waals surface area contributed by atoms with E-state index < -0.39 is 5.97 Å². The number of hydrogen-bond acceptors (Lipinski definition) is 4. The summed E-state index contributed by atoms with van der Waals surface area (Å²) in [7, 11) is 1.31. The number of aromatic nitrogens is 2. The van der Waals surface area contributed by atoms with Crippen molar-refractivity contribution >= 4 is 33.2 Å². The summed E-state index contributed by atoms with van der Waals surface area (Å²) < 4.78 is 7.02. The Hall–Kier alpha value is -1.56. The summed E-state index contributed by atoms with van der Waals surface area (Å²) in [5.41, 5.74) is 6.54. The number of rotatable bonds is 1. The number of halogens is 1. The smallest absolute Gasteiger partial charge is 0.343 e. The summed E-state index contributed by atoms with van der Waals surface area (Å²) in [6.45, 7) is 0. The van der Waals surface area contributed by atoms with Gasteiger partial charge in [0.05, 0.1) is 12.6 Å². The van der Waals surface area contributed by atoms with Crippen molar-refractivity contribution in [2.24, 2.45) is 0 Å². The molecule has 0 atom stereocenters. The number of anilines is 1. The maximum atomic E-state index is 11.4. The van der Waals surface area contributed by atoms with E-state index in [2.05, 4.69) is 25.8 Å². The second-order valence-corrected chi connectivity index (χ2v) is 3.84. The Morgan fingerprint density at radius 2 is 2.40 bits per heavy atom. The standard InChI is InChI=1S/C9H8BrN3O2/c1-15-9(14)7-6-4-5(10)2-3-13(6)12-8(7)11/h2-4H,1H3,(H2,11,12). The molecule has 6 heteroatoms. The number of pyridine rings is 1. The third-order valence-corrected chi connectivity index (χ3v) is 2.51. The summed E-state index contributed by atoms with van der Waals surface area (Å²) >= 11 is 3.31. The average Bonchev–Trinajstić information content (AvgIpc) is 2.52. The van der Waals surface area contributed by atoms with Gasteiger partial charge in [0.25, 0.3) is 0 Å². The summed E-state index contributed by atoms with van der Waals surface area (Å²) in [5.74, 6) is -0.319. The van der Waals surface area contributed by atoms with Gasteiger partial charge in [0.15, 0.2) is 5.82 Å². The number of ether oxygens (including phenoxy) is 1. The molecule has 78 valence electrons. The summed E-state index contributed by atoms with van der Waals surface area (Å²) in [6, 6.07) is 3.57. The first-order valence-corrected chi connectivity index (χ1v) is 4.94. The van der Waals surface area contributed by atoms with Gasteiger partial charge >= 0.3 is 5.97 Å². The Morgan fingerprint density at radius 3 is 3.07 bits per heavy atom. The van der Waals surface area contributed by atoms with Crippen LogP contribution in [0.3, 0.4) is 0 Å². The number of nitrogens with two attached hydrogens (primary N) is 1. The molecule has 0 spiro atoms. The molecule has 2 heterocycles. The van der Waals surface area contributed by atoms with Gasteiger partial charge in [0, 0.05) is 10.7 Å². The van der Waals surface area contributed by atoms with Crippen molar-refractivity contribution in [3.63, 3.8) is 0 Å². The van der Waals surface area contributed by atoms with E-state index in [1.54, 1.807) is 18.3 Å². The van der Waals surface area contributed by atoms with Gasteiger partial charge in [-0.2, -0.15) is 0 Å². The maximum absolute atomic E-state index is 11.4. The van der Waals surface area contributed by atoms with Crippen LogP contribution in [-0.2, 0) is 4.74 Å². The van der Waals surface area contributed by atoms with Crippen molar-refractivity contribution in [2.45, 2.75) is 0 Å². The van der Waals surface area contributed by atoms with Crippen LogP contribution in [0.2, 0.25) is 0 Å². The van der Waals surface area contributed by atoms with Crippen LogP contribution < -0.4 is 5.73 Å². The van der Waals surface area contributed by atoms with E-state index in [1.807, 2.05) is 0 Å². The molecule has 0 aliphatic carbocycles. The Morgan fingerprint density at radius 1 is 1.67 bits per heavy atom. The van der Waals surface area contributed by atoms with Gasteiger partial charge in [-0.05, 0) is 12.1 Å². The largest absolute Gasteiger partial charge is 0.465 e. The fraction of sp³-hybridized carbons (Fsp3) is 0.111. The van der Waals surface area contributed by atoms with Crippen LogP contribution in [0.25, 0.3) is 5.52 Å². The van der Waals surface area contributed by atoms with Crippen molar-refractivity contribution in [3.8, 4) is 0 Å². The second kappa shape index (κ2) is 3.54. The van der Waals surface area contributed by atoms with Gasteiger partial charge in [-0.3, -0.25) is 0 Å². The SMILES string of the molecule is COC(=O)c1c(N)nn2ccc(Br)cc12. The molecule has 0 radical (unpaired) electrons. The lowest BCUT2D eigenvalue weighted by Crippen LogP contribution is -2.03. The first-order valence-electron chi connectivity index (χ1n) is 4.15. The quantitative estimate of drug-likeness (QED) is 0.796. The van der Waals surface area contributed by atoms with E-state index in [-0.39, 0.29) is 5.82 Å². The molecular weight excluding hydrogens is 262 g/mol. The Balaban J connectivity index is 2.76. The monoisotopic (exact) mass is 269 g/mol. The molecule has 2 N–H and O–H groups in total. The highest BCUT2D eigenvalue weighted by atomic mass is 79.9. The van der Waals surface area contributed by atoms with Crippen molar-refractivity contribution in [2.75, 3.05) is 12.8 Å². The molecule has 2 rings (SSSR count). The Labute approximate surface area is 94.0 Å². The lowest BCUT2D eigenvalue weighted by Gasteiger charge is -1.97. The fourth-order valence-electron chi connectivity index (χ4n) is 1.35. The van der Waals surface area contributed by atoms with Crippen LogP contribution in [0, 0.1) is 0 Å². The lowest BCUT2D eigenvalue weighted by molar-refractivity contribution is 0.0604. The normalized spacial score (nSPS) is 10.5. The third-order valence-electron chi connectivity index (χ3n) is 2.01. The van der Waals surface area contributed by atoms with Gasteiger partial charge in [0.1, 0.15) is 5.56 Å². The summed E-state index contributed by atoms with van der Waals surface area (Å²) in [4.78, 5) is 11.4. The van der Waals surface area contributed by atoms with Gasteiger partial charge in [-0.1, -0.05) is 15.9 Å². The number of carbonyl (C=O) groups is 1. The van der Waals surface area contributed by atoms with E-state index in [0.29, 0.717) is 11.1 Å². The molecule has 0 unspecified atom stereocenters. The zero-order valence-corrected chi connectivity index (χ0v) is 9.48. The van der Waals surface area contributed by atoms with Gasteiger partial charge in [-0.25, -0.2) is 9.31 Å². The van der Waals surface area contributed by atoms with Crippen molar-refractivity contribution < 1.29 is 9.53 Å². The molecular formula is C9H8BrN3O2. The molecule has 0 fully saturated rings. The molecule has 2 aromatic rings. The molecule has 0 saturated carbocycles. The van der Waals surface area contributed by atoms with E-state index in [9.17, 15) is 4.79 Å². The Bertz CT molecular complexity index is 535. The minimum atomic E-state index is -0.486. The van der Waals surface area contributed by atoms with Crippen molar-refractivity contribution in [1.82, 2.24) is 9.61 Å². The van der Waals surface area contributed by atoms with E-state index in [0.717, 1.165) is 4.47 Å². The van der Waals surface area contributed by atoms with Gasteiger partial charge in [0.2, 0.25) is 0 Å². The molecule has 5 nitrogen and oxygen atoms in total. The number of nitrogen functional groups attached to an aromatic ring is 1. The van der Waals surface area contributed by atoms with Gasteiger partial charge in [-0.15, -0.1) is 5.10 Å². The minimum absolute atomic E-state index is 0.167. The molecule has 0 aliphatic rings. The van der Waals surface area contributed by atoms with E-state index in [1.165, 1.54) is 11.6 Å². The number of nitrogens with zero attached hydrogens (tertiary/aromatic N) is 2. The van der Waals surface area contributed by atoms with Crippen LogP contribution in [0.4, 0.5) is 5.82 Å². The van der Waals surface area contributed by atoms with Crippen LogP contribution in [0.1, 0.15) is 10.4 Å². The Kier molecular flexibility index (Phi) is 2.36. The van der Waals surface area contributed by atoms with Crippen LogP contribution in [-0.4, -0.2) is 22.7 Å². The molecule has 0 amide bonds. The van der Waals surface area contributed by atoms with Crippen LogP contribution >= 0.6 is 15.9 Å². The molecule has 0 bridgehead atoms. The topological polar surface area (TPSA) is 69.6 Å². The zero-order valence-electron chi connectivity index (χ0n) is 7.90. The fourth-order valence-corrected chi connectivity index (χ4v) is 1.68. The van der Waals surface area contributed by atoms with Gasteiger partial charge < -0.3 is 10.5 Å². The second-order valence-electron chi connectivity index (χ2n) is 2.93. The first kappa shape index (κ1) is 9.97. The highest BCUT2D eigenvalue weighted by Crippen LogP contribution is 2.21. The molecule has 0 saturated heterocycles. The zero-order chi connectivity index (χ0) is 11.0. The van der Waals surface area contributed by atoms with Crippen molar-refractivity contribution in [3.05, 3.63) is 28.4 Å². The first-order chi connectivity index (χ1) is 7.13. The minimum Gasteiger partial charge on any atom is -0.465 e. The maximum Gasteiger partial charge on any atom is 0.343 e. The third kappa shape index (κ3) is 1.56. The lowest BCUT2D eigenvalue weighted by atomic mass is 10.2. The average molecular weight is 270 g/mol. The number of carbonyl (C=O) groups excluding carboxylic acids is 1. The highest BCUT2D eigenvalue weighted by molar-refractivity contribution is 9.10. The van der Waals surface area contributed by atoms with Crippen molar-refractivity contribution in [1.29, 1.82) is 0 Å². The number of hydrogen-bond donors (Lipinski definition) is 1. The van der Waals surface area contributed by atoms with Crippen LogP contribution in [0.15, 0.2) is 22.8 Å². The number of esters is 1. The highest BCUT2D eigenvalue weighted by Gasteiger charge is 2.18.